The van der Waals surface area contributed by atoms with E-state index in [0.29, 0.717) is 26.2 Å². The quantitative estimate of drug-likeness (QED) is 0.903. The number of carbonyl (C=O) groups is 1. The molecule has 0 saturated carbocycles. The van der Waals surface area contributed by atoms with Gasteiger partial charge in [-0.05, 0) is 24.2 Å². The van der Waals surface area contributed by atoms with Crippen molar-refractivity contribution in [3.05, 3.63) is 35.6 Å². The van der Waals surface area contributed by atoms with Gasteiger partial charge in [-0.2, -0.15) is 0 Å². The minimum atomic E-state index is -0.419. The van der Waals surface area contributed by atoms with Crippen molar-refractivity contribution in [2.75, 3.05) is 45.9 Å². The first-order chi connectivity index (χ1) is 11.2. The normalized spacial score (nSPS) is 26.3. The lowest BCUT2D eigenvalue weighted by Crippen LogP contribution is -2.56. The van der Waals surface area contributed by atoms with Crippen LogP contribution in [0.1, 0.15) is 18.5 Å². The lowest BCUT2D eigenvalue weighted by Gasteiger charge is -2.40. The molecule has 0 bridgehead atoms. The van der Waals surface area contributed by atoms with Crippen LogP contribution in [-0.4, -0.2) is 67.7 Å². The fourth-order valence-electron chi connectivity index (χ4n) is 3.30. The molecular weight excluding hydrogens is 297 g/mol. The summed E-state index contributed by atoms with van der Waals surface area (Å²) >= 11 is 0. The maximum atomic E-state index is 13.5. The fraction of sp³-hybridized carbons (Fsp3) is 0.588. The predicted molar refractivity (Wildman–Crippen MR) is 85.6 cm³/mol. The van der Waals surface area contributed by atoms with E-state index in [1.54, 1.807) is 6.07 Å². The number of nitrogens with zero attached hydrogens (tertiary/aromatic N) is 2. The number of halogens is 1. The lowest BCUT2D eigenvalue weighted by atomic mass is 10.0. The van der Waals surface area contributed by atoms with Gasteiger partial charge in [-0.3, -0.25) is 9.69 Å². The molecule has 126 valence electrons. The molecule has 0 radical (unpaired) electrons. The number of ether oxygens (including phenoxy) is 1. The minimum absolute atomic E-state index is 0.0129. The zero-order chi connectivity index (χ0) is 16.2. The summed E-state index contributed by atoms with van der Waals surface area (Å²) in [5, 5.41) is 3.29. The number of carbonyl (C=O) groups excluding carboxylic acids is 1. The molecule has 2 atom stereocenters. The Morgan fingerprint density at radius 1 is 1.43 bits per heavy atom. The highest BCUT2D eigenvalue weighted by Gasteiger charge is 2.35. The van der Waals surface area contributed by atoms with E-state index in [2.05, 4.69) is 17.1 Å². The maximum Gasteiger partial charge on any atom is 0.253 e. The Hall–Kier alpha value is -1.50. The lowest BCUT2D eigenvalue weighted by molar-refractivity contribution is -0.152. The standard InChI is InChI=1S/C17H24FN3O2/c1-2-20-8-9-23-16(12-20)17(22)21-7-6-19-11-15(21)13-4-3-5-14(18)10-13/h3-5,10,15-16,19H,2,6-9,11-12H2,1H3. The van der Waals surface area contributed by atoms with E-state index in [1.165, 1.54) is 12.1 Å². The molecule has 0 aliphatic carbocycles. The fourth-order valence-corrected chi connectivity index (χ4v) is 3.30. The van der Waals surface area contributed by atoms with Crippen LogP contribution in [0.3, 0.4) is 0 Å². The summed E-state index contributed by atoms with van der Waals surface area (Å²) in [6, 6.07) is 6.36. The van der Waals surface area contributed by atoms with Crippen LogP contribution < -0.4 is 5.32 Å². The van der Waals surface area contributed by atoms with E-state index in [0.717, 1.165) is 25.2 Å². The number of piperazine rings is 1. The number of hydrogen-bond donors (Lipinski definition) is 1. The van der Waals surface area contributed by atoms with Gasteiger partial charge in [0.05, 0.1) is 12.6 Å². The number of benzene rings is 1. The van der Waals surface area contributed by atoms with Gasteiger partial charge >= 0.3 is 0 Å². The molecule has 1 N–H and O–H groups in total. The molecule has 2 heterocycles. The number of nitrogens with one attached hydrogen (secondary N) is 1. The van der Waals surface area contributed by atoms with Gasteiger partial charge in [0, 0.05) is 32.7 Å². The molecule has 3 rings (SSSR count). The highest BCUT2D eigenvalue weighted by Crippen LogP contribution is 2.24. The summed E-state index contributed by atoms with van der Waals surface area (Å²) in [6.45, 7) is 7.10. The van der Waals surface area contributed by atoms with Crippen molar-refractivity contribution in [3.63, 3.8) is 0 Å². The SMILES string of the molecule is CCN1CCOC(C(=O)N2CCNCC2c2cccc(F)c2)C1. The summed E-state index contributed by atoms with van der Waals surface area (Å²) in [6.07, 6.45) is -0.419. The van der Waals surface area contributed by atoms with Crippen LogP contribution in [0.2, 0.25) is 0 Å². The zero-order valence-electron chi connectivity index (χ0n) is 13.5. The van der Waals surface area contributed by atoms with Gasteiger partial charge in [0.15, 0.2) is 0 Å². The number of morpholine rings is 1. The molecule has 23 heavy (non-hydrogen) atoms. The molecule has 1 aromatic carbocycles. The summed E-state index contributed by atoms with van der Waals surface area (Å²) in [7, 11) is 0. The second-order valence-corrected chi connectivity index (χ2v) is 6.06. The maximum absolute atomic E-state index is 13.5. The Morgan fingerprint density at radius 3 is 3.09 bits per heavy atom. The van der Waals surface area contributed by atoms with Crippen LogP contribution in [0.5, 0.6) is 0 Å². The van der Waals surface area contributed by atoms with E-state index in [4.69, 9.17) is 4.74 Å². The van der Waals surface area contributed by atoms with Crippen molar-refractivity contribution in [1.29, 1.82) is 0 Å². The monoisotopic (exact) mass is 321 g/mol. The average molecular weight is 321 g/mol. The first-order valence-corrected chi connectivity index (χ1v) is 8.29. The van der Waals surface area contributed by atoms with E-state index in [1.807, 2.05) is 11.0 Å². The summed E-state index contributed by atoms with van der Waals surface area (Å²) in [5.74, 6) is -0.259. The molecule has 0 spiro atoms. The highest BCUT2D eigenvalue weighted by molar-refractivity contribution is 5.82. The Morgan fingerprint density at radius 2 is 2.30 bits per heavy atom. The van der Waals surface area contributed by atoms with E-state index < -0.39 is 6.10 Å². The second-order valence-electron chi connectivity index (χ2n) is 6.06. The third-order valence-electron chi connectivity index (χ3n) is 4.63. The van der Waals surface area contributed by atoms with Gasteiger partial charge in [0.25, 0.3) is 5.91 Å². The van der Waals surface area contributed by atoms with Gasteiger partial charge in [0.2, 0.25) is 0 Å². The van der Waals surface area contributed by atoms with Crippen LogP contribution in [0.15, 0.2) is 24.3 Å². The van der Waals surface area contributed by atoms with Crippen molar-refractivity contribution >= 4 is 5.91 Å². The molecule has 1 amide bonds. The zero-order valence-corrected chi connectivity index (χ0v) is 13.5. The van der Waals surface area contributed by atoms with Crippen LogP contribution in [0.25, 0.3) is 0 Å². The van der Waals surface area contributed by atoms with E-state index in [9.17, 15) is 9.18 Å². The van der Waals surface area contributed by atoms with Crippen molar-refractivity contribution in [2.24, 2.45) is 0 Å². The Balaban J connectivity index is 1.76. The molecule has 2 aliphatic heterocycles. The Bertz CT molecular complexity index is 554. The topological polar surface area (TPSA) is 44.8 Å². The second kappa shape index (κ2) is 7.38. The van der Waals surface area contributed by atoms with E-state index >= 15 is 0 Å². The molecule has 6 heteroatoms. The summed E-state index contributed by atoms with van der Waals surface area (Å²) in [5.41, 5.74) is 0.828. The van der Waals surface area contributed by atoms with E-state index in [-0.39, 0.29) is 17.8 Å². The van der Waals surface area contributed by atoms with Crippen LogP contribution in [-0.2, 0) is 9.53 Å². The van der Waals surface area contributed by atoms with Gasteiger partial charge in [-0.15, -0.1) is 0 Å². The molecule has 5 nitrogen and oxygen atoms in total. The number of amides is 1. The summed E-state index contributed by atoms with van der Waals surface area (Å²) < 4.78 is 19.3. The van der Waals surface area contributed by atoms with Crippen molar-refractivity contribution < 1.29 is 13.9 Å². The Kier molecular flexibility index (Phi) is 5.25. The number of hydrogen-bond acceptors (Lipinski definition) is 4. The third-order valence-corrected chi connectivity index (χ3v) is 4.63. The molecule has 2 fully saturated rings. The molecule has 2 unspecified atom stereocenters. The van der Waals surface area contributed by atoms with Crippen LogP contribution >= 0.6 is 0 Å². The average Bonchev–Trinajstić information content (AvgIpc) is 2.61. The van der Waals surface area contributed by atoms with Crippen molar-refractivity contribution in [3.8, 4) is 0 Å². The minimum Gasteiger partial charge on any atom is -0.366 e. The van der Waals surface area contributed by atoms with Gasteiger partial charge in [-0.25, -0.2) is 4.39 Å². The molecule has 0 aromatic heterocycles. The predicted octanol–water partition coefficient (Wildman–Crippen LogP) is 1.02. The van der Waals surface area contributed by atoms with Gasteiger partial charge in [-0.1, -0.05) is 19.1 Å². The van der Waals surface area contributed by atoms with Crippen LogP contribution in [0, 0.1) is 5.82 Å². The molecule has 2 aliphatic rings. The van der Waals surface area contributed by atoms with Crippen LogP contribution in [0.4, 0.5) is 4.39 Å². The Labute approximate surface area is 136 Å². The smallest absolute Gasteiger partial charge is 0.253 e. The third kappa shape index (κ3) is 3.71. The largest absolute Gasteiger partial charge is 0.366 e. The first-order valence-electron chi connectivity index (χ1n) is 8.29. The highest BCUT2D eigenvalue weighted by atomic mass is 19.1. The van der Waals surface area contributed by atoms with Crippen molar-refractivity contribution in [1.82, 2.24) is 15.1 Å². The molecule has 2 saturated heterocycles. The summed E-state index contributed by atoms with van der Waals surface area (Å²) in [4.78, 5) is 17.0. The van der Waals surface area contributed by atoms with Crippen molar-refractivity contribution in [2.45, 2.75) is 19.1 Å². The van der Waals surface area contributed by atoms with Gasteiger partial charge < -0.3 is 15.0 Å². The first kappa shape index (κ1) is 16.4. The molecule has 1 aromatic rings. The number of rotatable bonds is 3. The number of likely N-dealkylation sites (N-methyl/N-ethyl adjacent to an activating group) is 1. The molecular formula is C17H24FN3O2. The van der Waals surface area contributed by atoms with Gasteiger partial charge in [0.1, 0.15) is 11.9 Å².